The molecule has 7 heteroatoms. The third-order valence-corrected chi connectivity index (χ3v) is 4.68. The molecule has 1 unspecified atom stereocenters. The molecule has 1 N–H and O–H groups in total. The molecule has 27 heavy (non-hydrogen) atoms. The summed E-state index contributed by atoms with van der Waals surface area (Å²) in [6.45, 7) is 5.54. The molecule has 0 aromatic carbocycles. The van der Waals surface area contributed by atoms with Crippen LogP contribution >= 0.6 is 0 Å². The molecule has 1 aliphatic rings. The maximum atomic E-state index is 5.88. The zero-order valence-corrected chi connectivity index (χ0v) is 15.5. The van der Waals surface area contributed by atoms with E-state index in [0.29, 0.717) is 0 Å². The summed E-state index contributed by atoms with van der Waals surface area (Å²) in [4.78, 5) is 21.6. The number of hydrogen-bond donors (Lipinski definition) is 1. The van der Waals surface area contributed by atoms with E-state index in [4.69, 9.17) is 4.74 Å². The van der Waals surface area contributed by atoms with Crippen LogP contribution in [0.15, 0.2) is 37.1 Å². The second kappa shape index (κ2) is 7.65. The molecular formula is C20H22N6O. The first kappa shape index (κ1) is 17.3. The van der Waals surface area contributed by atoms with Gasteiger partial charge in [0.2, 0.25) is 0 Å². The van der Waals surface area contributed by atoms with Crippen molar-refractivity contribution in [3.05, 3.63) is 54.1 Å². The van der Waals surface area contributed by atoms with Crippen molar-refractivity contribution in [2.24, 2.45) is 0 Å². The molecule has 3 aromatic rings. The molecule has 0 saturated carbocycles. The van der Waals surface area contributed by atoms with Crippen LogP contribution in [-0.2, 0) is 6.42 Å². The number of hydrogen-bond acceptors (Lipinski definition) is 7. The third-order valence-electron chi connectivity index (χ3n) is 4.68. The summed E-state index contributed by atoms with van der Waals surface area (Å²) >= 11 is 0. The highest BCUT2D eigenvalue weighted by atomic mass is 16.5. The summed E-state index contributed by atoms with van der Waals surface area (Å²) in [6, 6.07) is 3.96. The zero-order valence-electron chi connectivity index (χ0n) is 15.5. The van der Waals surface area contributed by atoms with Crippen molar-refractivity contribution in [2.75, 3.05) is 18.5 Å². The maximum absolute atomic E-state index is 5.88. The molecule has 7 nitrogen and oxygen atoms in total. The molecule has 0 spiro atoms. The molecule has 0 fully saturated rings. The van der Waals surface area contributed by atoms with Gasteiger partial charge in [0.25, 0.3) is 0 Å². The largest absolute Gasteiger partial charge is 0.491 e. The number of nitrogens with zero attached hydrogens (tertiary/aromatic N) is 5. The molecule has 0 saturated heterocycles. The fourth-order valence-corrected chi connectivity index (χ4v) is 3.16. The molecule has 4 rings (SSSR count). The third kappa shape index (κ3) is 3.86. The van der Waals surface area contributed by atoms with Crippen LogP contribution in [-0.4, -0.2) is 38.1 Å². The second-order valence-corrected chi connectivity index (χ2v) is 6.72. The fraction of sp³-hybridized carbons (Fsp3) is 0.350. The lowest BCUT2D eigenvalue weighted by molar-refractivity contribution is 0.280. The van der Waals surface area contributed by atoms with E-state index in [9.17, 15) is 0 Å². The Bertz CT molecular complexity index is 928. The van der Waals surface area contributed by atoms with Gasteiger partial charge in [-0.25, -0.2) is 19.9 Å². The molecule has 4 heterocycles. The van der Waals surface area contributed by atoms with Crippen molar-refractivity contribution in [3.63, 3.8) is 0 Å². The zero-order chi connectivity index (χ0) is 18.6. The molecule has 3 aromatic heterocycles. The fourth-order valence-electron chi connectivity index (χ4n) is 3.16. The minimum atomic E-state index is 0.265. The summed E-state index contributed by atoms with van der Waals surface area (Å²) in [6.07, 6.45) is 8.99. The maximum Gasteiger partial charge on any atom is 0.144 e. The molecule has 0 radical (unpaired) electrons. The van der Waals surface area contributed by atoms with E-state index < -0.39 is 0 Å². The summed E-state index contributed by atoms with van der Waals surface area (Å²) in [5, 5.41) is 3.40. The van der Waals surface area contributed by atoms with E-state index in [0.717, 1.165) is 60.3 Å². The Morgan fingerprint density at radius 2 is 2.00 bits per heavy atom. The van der Waals surface area contributed by atoms with Crippen LogP contribution in [0.2, 0.25) is 0 Å². The van der Waals surface area contributed by atoms with Crippen molar-refractivity contribution in [2.45, 2.75) is 32.6 Å². The van der Waals surface area contributed by atoms with Crippen LogP contribution in [0.3, 0.4) is 0 Å². The van der Waals surface area contributed by atoms with Gasteiger partial charge >= 0.3 is 0 Å². The molecule has 138 valence electrons. The number of anilines is 1. The summed E-state index contributed by atoms with van der Waals surface area (Å²) in [7, 11) is 0. The van der Waals surface area contributed by atoms with Crippen LogP contribution in [0.25, 0.3) is 11.3 Å². The van der Waals surface area contributed by atoms with Crippen molar-refractivity contribution in [1.29, 1.82) is 0 Å². The second-order valence-electron chi connectivity index (χ2n) is 6.72. The molecular weight excluding hydrogens is 340 g/mol. The number of ether oxygens (including phenoxy) is 1. The molecule has 1 aliphatic heterocycles. The highest BCUT2D eigenvalue weighted by molar-refractivity contribution is 5.60. The smallest absolute Gasteiger partial charge is 0.144 e. The van der Waals surface area contributed by atoms with E-state index in [1.165, 1.54) is 5.56 Å². The minimum absolute atomic E-state index is 0.265. The van der Waals surface area contributed by atoms with E-state index in [-0.39, 0.29) is 5.92 Å². The van der Waals surface area contributed by atoms with Crippen molar-refractivity contribution < 1.29 is 4.74 Å². The van der Waals surface area contributed by atoms with Crippen LogP contribution in [0.5, 0.6) is 5.75 Å². The standard InChI is InChI=1S/C20H22N6O/c1-13(16-5-6-21-17-4-3-7-27-20(16)17)9-24-19-8-18(25-12-26-19)15-10-22-14(2)23-11-15/h5-6,8,10-13H,3-4,7,9H2,1-2H3,(H,24,25,26). The Labute approximate surface area is 158 Å². The number of aryl methyl sites for hydroxylation is 2. The number of nitrogens with one attached hydrogen (secondary N) is 1. The predicted molar refractivity (Wildman–Crippen MR) is 103 cm³/mol. The van der Waals surface area contributed by atoms with E-state index in [1.54, 1.807) is 18.7 Å². The van der Waals surface area contributed by atoms with Gasteiger partial charge in [-0.3, -0.25) is 4.98 Å². The number of pyridine rings is 1. The van der Waals surface area contributed by atoms with Crippen molar-refractivity contribution in [3.8, 4) is 17.0 Å². The first-order valence-corrected chi connectivity index (χ1v) is 9.16. The molecule has 1 atom stereocenters. The van der Waals surface area contributed by atoms with E-state index in [1.807, 2.05) is 25.3 Å². The SMILES string of the molecule is Cc1ncc(-c2cc(NCC(C)c3ccnc4c3OCCC4)ncn2)cn1. The summed E-state index contributed by atoms with van der Waals surface area (Å²) < 4.78 is 5.88. The monoisotopic (exact) mass is 362 g/mol. The average Bonchev–Trinajstić information content (AvgIpc) is 2.72. The predicted octanol–water partition coefficient (Wildman–Crippen LogP) is 3.18. The summed E-state index contributed by atoms with van der Waals surface area (Å²) in [5.41, 5.74) is 3.92. The number of rotatable bonds is 5. The van der Waals surface area contributed by atoms with Gasteiger partial charge in [-0.05, 0) is 25.8 Å². The topological polar surface area (TPSA) is 85.7 Å². The van der Waals surface area contributed by atoms with Gasteiger partial charge in [0, 0.05) is 48.2 Å². The number of fused-ring (bicyclic) bond motifs is 1. The minimum Gasteiger partial charge on any atom is -0.491 e. The molecule has 0 bridgehead atoms. The summed E-state index contributed by atoms with van der Waals surface area (Å²) in [5.74, 6) is 2.73. The van der Waals surface area contributed by atoms with Crippen LogP contribution < -0.4 is 10.1 Å². The highest BCUT2D eigenvalue weighted by Crippen LogP contribution is 2.32. The van der Waals surface area contributed by atoms with Gasteiger partial charge in [0.15, 0.2) is 0 Å². The Morgan fingerprint density at radius 3 is 2.85 bits per heavy atom. The van der Waals surface area contributed by atoms with Gasteiger partial charge in [-0.1, -0.05) is 6.92 Å². The number of aromatic nitrogens is 5. The van der Waals surface area contributed by atoms with Crippen LogP contribution in [0.1, 0.15) is 36.3 Å². The van der Waals surface area contributed by atoms with Gasteiger partial charge in [0.1, 0.15) is 23.7 Å². The lowest BCUT2D eigenvalue weighted by Gasteiger charge is -2.22. The molecule has 0 amide bonds. The van der Waals surface area contributed by atoms with Crippen LogP contribution in [0.4, 0.5) is 5.82 Å². The lowest BCUT2D eigenvalue weighted by atomic mass is 9.98. The van der Waals surface area contributed by atoms with Crippen molar-refractivity contribution >= 4 is 5.82 Å². The Morgan fingerprint density at radius 1 is 1.15 bits per heavy atom. The Hall–Kier alpha value is -3.09. The Balaban J connectivity index is 1.48. The van der Waals surface area contributed by atoms with Crippen molar-refractivity contribution in [1.82, 2.24) is 24.9 Å². The lowest BCUT2D eigenvalue weighted by Crippen LogP contribution is -2.16. The quantitative estimate of drug-likeness (QED) is 0.746. The normalized spacial score (nSPS) is 14.1. The van der Waals surface area contributed by atoms with Gasteiger partial charge in [-0.2, -0.15) is 0 Å². The Kier molecular flexibility index (Phi) is 4.91. The average molecular weight is 362 g/mol. The van der Waals surface area contributed by atoms with Gasteiger partial charge in [-0.15, -0.1) is 0 Å². The van der Waals surface area contributed by atoms with Gasteiger partial charge in [0.05, 0.1) is 18.0 Å². The first-order chi connectivity index (χ1) is 13.2. The first-order valence-electron chi connectivity index (χ1n) is 9.16. The highest BCUT2D eigenvalue weighted by Gasteiger charge is 2.19. The van der Waals surface area contributed by atoms with E-state index in [2.05, 4.69) is 37.2 Å². The molecule has 0 aliphatic carbocycles. The van der Waals surface area contributed by atoms with E-state index >= 15 is 0 Å². The van der Waals surface area contributed by atoms with Gasteiger partial charge < -0.3 is 10.1 Å². The van der Waals surface area contributed by atoms with Crippen LogP contribution in [0, 0.1) is 6.92 Å².